The predicted molar refractivity (Wildman–Crippen MR) is 116 cm³/mol. The molecule has 0 amide bonds. The van der Waals surface area contributed by atoms with Crippen LogP contribution in [0.3, 0.4) is 0 Å². The molecular formula is C12H14N8O27. The van der Waals surface area contributed by atoms with E-state index in [-0.39, 0.29) is 0 Å². The maximum absolute atomic E-state index is 11.3. The van der Waals surface area contributed by atoms with Gasteiger partial charge in [0.25, 0.3) is 40.7 Å². The van der Waals surface area contributed by atoms with Crippen LogP contribution in [0.1, 0.15) is 0 Å². The highest BCUT2D eigenvalue weighted by molar-refractivity contribution is 5.00. The van der Waals surface area contributed by atoms with Gasteiger partial charge in [-0.1, -0.05) is 0 Å². The SMILES string of the molecule is O=[N+]([O-])OCC1OC(OC2(CO[N+](=O)[O-])OC(CO[N+](=O)[O-])C(O[N+](=O)[O-])C2O[N+](=O)[O-])C(O[N+](=O)[O-])C(O[N+](=O)[O-])C1O[N+](=O)[O-]. The quantitative estimate of drug-likeness (QED) is 0.0821. The van der Waals surface area contributed by atoms with Crippen LogP contribution in [0.2, 0.25) is 0 Å². The summed E-state index contributed by atoms with van der Waals surface area (Å²) >= 11 is 0. The third-order valence-corrected chi connectivity index (χ3v) is 5.45. The summed E-state index contributed by atoms with van der Waals surface area (Å²) < 4.78 is 15.5. The number of hydrogen-bond acceptors (Lipinski definition) is 27. The van der Waals surface area contributed by atoms with E-state index in [0.29, 0.717) is 0 Å². The van der Waals surface area contributed by atoms with Crippen LogP contribution in [0, 0.1) is 80.9 Å². The standard InChI is InChI=1S/C12H14N8O27/c21-13(22)37-1-4-6(43-16(27)28)8(45-18(31)32)9(46-19(33)34)11(40-4)42-12(3-39-15(25)26)10(47-20(35)36)7(44-17(29)30)5(41-12)2-38-14(23)24/h4-11H,1-3H2. The zero-order chi connectivity index (χ0) is 35.6. The van der Waals surface area contributed by atoms with E-state index in [4.69, 9.17) is 14.2 Å². The van der Waals surface area contributed by atoms with Gasteiger partial charge in [-0.05, 0) is 0 Å². The monoisotopic (exact) mass is 702 g/mol. The van der Waals surface area contributed by atoms with Crippen LogP contribution in [0.15, 0.2) is 0 Å². The lowest BCUT2D eigenvalue weighted by atomic mass is 9.98. The van der Waals surface area contributed by atoms with Crippen LogP contribution >= 0.6 is 0 Å². The first kappa shape index (κ1) is 36.7. The summed E-state index contributed by atoms with van der Waals surface area (Å²) in [6.07, 6.45) is -21.4. The van der Waals surface area contributed by atoms with Crippen LogP contribution in [0.25, 0.3) is 0 Å². The molecule has 0 aromatic rings. The highest BCUT2D eigenvalue weighted by Gasteiger charge is 2.65. The molecule has 0 aromatic heterocycles. The molecule has 264 valence electrons. The highest BCUT2D eigenvalue weighted by Crippen LogP contribution is 2.41. The summed E-state index contributed by atoms with van der Waals surface area (Å²) in [6.45, 7) is -4.82. The Morgan fingerprint density at radius 2 is 0.915 bits per heavy atom. The van der Waals surface area contributed by atoms with Gasteiger partial charge in [-0.3, -0.25) is 0 Å². The lowest BCUT2D eigenvalue weighted by molar-refractivity contribution is -0.826. The Balaban J connectivity index is 2.78. The maximum atomic E-state index is 11.3. The lowest BCUT2D eigenvalue weighted by Gasteiger charge is -2.45. The van der Waals surface area contributed by atoms with Gasteiger partial charge < -0.3 is 52.9 Å². The Morgan fingerprint density at radius 1 is 0.489 bits per heavy atom. The van der Waals surface area contributed by atoms with Gasteiger partial charge in [0.1, 0.15) is 25.4 Å². The molecule has 2 saturated heterocycles. The number of ether oxygens (including phenoxy) is 3. The molecule has 0 aromatic carbocycles. The molecule has 2 aliphatic heterocycles. The van der Waals surface area contributed by atoms with E-state index in [1.165, 1.54) is 0 Å². The molecule has 35 nitrogen and oxygen atoms in total. The largest absolute Gasteiger partial charge is 0.342 e. The summed E-state index contributed by atoms with van der Waals surface area (Å²) in [5.74, 6) is -3.52. The van der Waals surface area contributed by atoms with E-state index >= 15 is 0 Å². The fourth-order valence-corrected chi connectivity index (χ4v) is 4.04. The Morgan fingerprint density at radius 3 is 1.38 bits per heavy atom. The number of rotatable bonds is 21. The molecule has 2 fully saturated rings. The van der Waals surface area contributed by atoms with Crippen LogP contribution < -0.4 is 0 Å². The van der Waals surface area contributed by atoms with E-state index < -0.39 is 115 Å². The normalized spacial score (nSPS) is 29.6. The van der Waals surface area contributed by atoms with Crippen molar-refractivity contribution < 1.29 is 93.6 Å². The van der Waals surface area contributed by atoms with Gasteiger partial charge >= 0.3 is 0 Å². The van der Waals surface area contributed by atoms with E-state index in [0.717, 1.165) is 0 Å². The van der Waals surface area contributed by atoms with Crippen molar-refractivity contribution in [2.75, 3.05) is 19.8 Å². The Labute approximate surface area is 250 Å². The molecular weight excluding hydrogens is 688 g/mol. The zero-order valence-corrected chi connectivity index (χ0v) is 21.8. The number of hydrogen-bond donors (Lipinski definition) is 0. The first-order valence-corrected chi connectivity index (χ1v) is 11.2. The minimum Gasteiger partial charge on any atom is -0.342 e. The second-order valence-electron chi connectivity index (χ2n) is 8.09. The zero-order valence-electron chi connectivity index (χ0n) is 21.8. The van der Waals surface area contributed by atoms with Gasteiger partial charge in [-0.25, -0.2) is 0 Å². The number of nitrogens with zero attached hydrogens (tertiary/aromatic N) is 8. The molecule has 2 rings (SSSR count). The van der Waals surface area contributed by atoms with Gasteiger partial charge in [0.05, 0.1) is 0 Å². The van der Waals surface area contributed by atoms with Crippen molar-refractivity contribution in [2.45, 2.75) is 54.8 Å². The molecule has 35 heteroatoms. The van der Waals surface area contributed by atoms with Crippen molar-refractivity contribution >= 4 is 0 Å². The first-order chi connectivity index (χ1) is 21.8. The molecule has 0 saturated carbocycles. The van der Waals surface area contributed by atoms with Gasteiger partial charge in [-0.15, -0.1) is 80.9 Å². The molecule has 0 aliphatic carbocycles. The molecule has 9 atom stereocenters. The first-order valence-electron chi connectivity index (χ1n) is 11.2. The minimum absolute atomic E-state index is 1.46. The maximum Gasteiger partial charge on any atom is 0.295 e. The second kappa shape index (κ2) is 15.5. The smallest absolute Gasteiger partial charge is 0.295 e. The van der Waals surface area contributed by atoms with Gasteiger partial charge in [0, 0.05) is 0 Å². The average Bonchev–Trinajstić information content (AvgIpc) is 3.18. The third kappa shape index (κ3) is 10.3. The fourth-order valence-electron chi connectivity index (χ4n) is 4.04. The van der Waals surface area contributed by atoms with E-state index in [2.05, 4.69) is 38.7 Å². The fraction of sp³-hybridized carbons (Fsp3) is 1.00. The van der Waals surface area contributed by atoms with Gasteiger partial charge in [-0.2, -0.15) is 0 Å². The second-order valence-corrected chi connectivity index (χ2v) is 8.09. The van der Waals surface area contributed by atoms with Crippen molar-refractivity contribution in [2.24, 2.45) is 0 Å². The molecule has 9 unspecified atom stereocenters. The van der Waals surface area contributed by atoms with Gasteiger partial charge in [0.15, 0.2) is 43.4 Å². The van der Waals surface area contributed by atoms with E-state index in [9.17, 15) is 80.9 Å². The molecule has 0 radical (unpaired) electrons. The molecule has 0 N–H and O–H groups in total. The van der Waals surface area contributed by atoms with Gasteiger partial charge in [0.2, 0.25) is 5.79 Å². The average molecular weight is 702 g/mol. The third-order valence-electron chi connectivity index (χ3n) is 5.45. The molecule has 0 spiro atoms. The molecule has 0 bridgehead atoms. The molecule has 47 heavy (non-hydrogen) atoms. The van der Waals surface area contributed by atoms with E-state index in [1.54, 1.807) is 0 Å². The van der Waals surface area contributed by atoms with Crippen molar-refractivity contribution in [3.8, 4) is 0 Å². The van der Waals surface area contributed by atoms with Crippen LogP contribution in [0.5, 0.6) is 0 Å². The summed E-state index contributed by atoms with van der Waals surface area (Å²) in [7, 11) is 0. The van der Waals surface area contributed by atoms with E-state index in [1.807, 2.05) is 0 Å². The summed E-state index contributed by atoms with van der Waals surface area (Å²) in [6, 6.07) is 0. The van der Waals surface area contributed by atoms with Crippen molar-refractivity contribution in [1.29, 1.82) is 0 Å². The van der Waals surface area contributed by atoms with Crippen molar-refractivity contribution in [1.82, 2.24) is 0 Å². The van der Waals surface area contributed by atoms with Crippen LogP contribution in [-0.4, -0.2) is 115 Å². The minimum atomic E-state index is -3.52. The summed E-state index contributed by atoms with van der Waals surface area (Å²) in [5, 5.41) is 75.4. The molecule has 2 heterocycles. The Hall–Kier alpha value is -6.52. The predicted octanol–water partition coefficient (Wildman–Crippen LogP) is -3.67. The van der Waals surface area contributed by atoms with Crippen LogP contribution in [-0.2, 0) is 52.9 Å². The molecule has 2 aliphatic rings. The Bertz CT molecular complexity index is 1230. The van der Waals surface area contributed by atoms with Crippen LogP contribution in [0.4, 0.5) is 0 Å². The Kier molecular flexibility index (Phi) is 12.1. The summed E-state index contributed by atoms with van der Waals surface area (Å²) in [5.41, 5.74) is 0. The van der Waals surface area contributed by atoms with Crippen molar-refractivity contribution in [3.05, 3.63) is 80.9 Å². The summed E-state index contributed by atoms with van der Waals surface area (Å²) in [4.78, 5) is 122. The highest BCUT2D eigenvalue weighted by atomic mass is 17.0. The topological polar surface area (TPSA) is 447 Å². The van der Waals surface area contributed by atoms with Crippen molar-refractivity contribution in [3.63, 3.8) is 0 Å². The lowest BCUT2D eigenvalue weighted by Crippen LogP contribution is -2.66.